The second-order valence-electron chi connectivity index (χ2n) is 8.59. The Morgan fingerprint density at radius 2 is 1.75 bits per heavy atom. The number of nitrogens with zero attached hydrogens (tertiary/aromatic N) is 2. The normalized spacial score (nSPS) is 14.8. The number of carbonyl (C=O) groups is 2. The van der Waals surface area contributed by atoms with Crippen molar-refractivity contribution < 1.29 is 19.1 Å². The molecule has 3 aromatic rings. The van der Waals surface area contributed by atoms with Crippen LogP contribution in [0.25, 0.3) is 5.57 Å². The third-order valence-electron chi connectivity index (χ3n) is 6.32. The lowest BCUT2D eigenvalue weighted by atomic mass is 9.92. The van der Waals surface area contributed by atoms with E-state index in [0.29, 0.717) is 29.2 Å². The van der Waals surface area contributed by atoms with Crippen LogP contribution in [0.15, 0.2) is 60.9 Å². The number of benzene rings is 2. The summed E-state index contributed by atoms with van der Waals surface area (Å²) in [7, 11) is 4.82. The van der Waals surface area contributed by atoms with E-state index < -0.39 is 0 Å². The maximum atomic E-state index is 12.8. The van der Waals surface area contributed by atoms with E-state index in [0.717, 1.165) is 28.0 Å². The predicted octanol–water partition coefficient (Wildman–Crippen LogP) is 4.63. The van der Waals surface area contributed by atoms with Crippen molar-refractivity contribution in [1.29, 1.82) is 0 Å². The number of rotatable bonds is 5. The average Bonchev–Trinajstić information content (AvgIpc) is 3.04. The van der Waals surface area contributed by atoms with E-state index in [-0.39, 0.29) is 18.0 Å². The molecule has 0 fully saturated rings. The highest BCUT2D eigenvalue weighted by molar-refractivity contribution is 6.04. The Hall–Kier alpha value is -4.33. The lowest BCUT2D eigenvalue weighted by Crippen LogP contribution is -2.40. The first kappa shape index (κ1) is 24.8. The second-order valence-corrected chi connectivity index (χ2v) is 8.59. The minimum absolute atomic E-state index is 0.0907. The highest BCUT2D eigenvalue weighted by atomic mass is 16.5. The average molecular weight is 487 g/mol. The molecule has 2 heterocycles. The molecule has 2 N–H and O–H groups in total. The molecule has 186 valence electrons. The molecule has 8 heteroatoms. The van der Waals surface area contributed by atoms with E-state index in [1.165, 1.54) is 0 Å². The van der Waals surface area contributed by atoms with Gasteiger partial charge in [-0.15, -0.1) is 0 Å². The van der Waals surface area contributed by atoms with Crippen molar-refractivity contribution in [2.24, 2.45) is 0 Å². The van der Waals surface area contributed by atoms with Crippen molar-refractivity contribution in [2.45, 2.75) is 26.3 Å². The van der Waals surface area contributed by atoms with Gasteiger partial charge in [-0.1, -0.05) is 12.1 Å². The summed E-state index contributed by atoms with van der Waals surface area (Å²) < 4.78 is 11.1. The molecule has 1 unspecified atom stereocenters. The molecule has 1 aliphatic heterocycles. The number of nitrogens with one attached hydrogen (secondary N) is 2. The number of methoxy groups -OCH3 is 2. The number of hydrogen-bond donors (Lipinski definition) is 2. The van der Waals surface area contributed by atoms with Gasteiger partial charge in [-0.2, -0.15) is 0 Å². The van der Waals surface area contributed by atoms with Crippen molar-refractivity contribution in [3.63, 3.8) is 0 Å². The van der Waals surface area contributed by atoms with E-state index in [1.54, 1.807) is 50.6 Å². The van der Waals surface area contributed by atoms with Crippen LogP contribution in [0, 0.1) is 6.92 Å². The van der Waals surface area contributed by atoms with Crippen molar-refractivity contribution in [3.05, 3.63) is 88.9 Å². The predicted molar refractivity (Wildman–Crippen MR) is 139 cm³/mol. The summed E-state index contributed by atoms with van der Waals surface area (Å²) in [6.45, 7) is 3.85. The van der Waals surface area contributed by atoms with Crippen LogP contribution in [-0.2, 0) is 6.42 Å². The molecule has 1 aliphatic rings. The molecular weight excluding hydrogens is 456 g/mol. The van der Waals surface area contributed by atoms with E-state index in [9.17, 15) is 9.59 Å². The van der Waals surface area contributed by atoms with Crippen LogP contribution in [-0.4, -0.2) is 49.1 Å². The number of fused-ring (bicyclic) bond motifs is 1. The molecule has 0 radical (unpaired) electrons. The molecule has 8 nitrogen and oxygen atoms in total. The van der Waals surface area contributed by atoms with E-state index in [2.05, 4.69) is 15.6 Å². The van der Waals surface area contributed by atoms with Crippen molar-refractivity contribution in [3.8, 4) is 11.5 Å². The third kappa shape index (κ3) is 4.88. The number of anilines is 1. The lowest BCUT2D eigenvalue weighted by Gasteiger charge is -2.24. The first-order valence-corrected chi connectivity index (χ1v) is 11.7. The molecule has 0 spiro atoms. The zero-order chi connectivity index (χ0) is 25.8. The molecule has 0 bridgehead atoms. The first-order chi connectivity index (χ1) is 17.4. The summed E-state index contributed by atoms with van der Waals surface area (Å²) in [5.41, 5.74) is 5.61. The van der Waals surface area contributed by atoms with Gasteiger partial charge < -0.3 is 20.1 Å². The zero-order valence-electron chi connectivity index (χ0n) is 21.1. The second kappa shape index (κ2) is 10.5. The number of amides is 3. The van der Waals surface area contributed by atoms with Gasteiger partial charge in [0.1, 0.15) is 0 Å². The summed E-state index contributed by atoms with van der Waals surface area (Å²) in [5, 5.41) is 5.63. The van der Waals surface area contributed by atoms with Gasteiger partial charge in [-0.3, -0.25) is 14.7 Å². The maximum Gasteiger partial charge on any atom is 0.321 e. The fraction of sp³-hybridized carbons (Fsp3) is 0.250. The van der Waals surface area contributed by atoms with Crippen molar-refractivity contribution >= 4 is 23.2 Å². The van der Waals surface area contributed by atoms with E-state index in [1.807, 2.05) is 50.4 Å². The van der Waals surface area contributed by atoms with E-state index >= 15 is 0 Å². The fourth-order valence-electron chi connectivity index (χ4n) is 4.32. The Labute approximate surface area is 210 Å². The van der Waals surface area contributed by atoms with Gasteiger partial charge in [-0.05, 0) is 73.4 Å². The lowest BCUT2D eigenvalue weighted by molar-refractivity contribution is 0.102. The van der Waals surface area contributed by atoms with Crippen LogP contribution in [0.2, 0.25) is 0 Å². The number of pyridine rings is 1. The van der Waals surface area contributed by atoms with Crippen LogP contribution < -0.4 is 20.1 Å². The molecule has 0 saturated heterocycles. The Kier molecular flexibility index (Phi) is 7.24. The first-order valence-electron chi connectivity index (χ1n) is 11.7. The molecule has 1 atom stereocenters. The van der Waals surface area contributed by atoms with Crippen LogP contribution in [0.3, 0.4) is 0 Å². The molecule has 2 aromatic carbocycles. The zero-order valence-corrected chi connectivity index (χ0v) is 21.1. The molecular formula is C28H30N4O4. The molecule has 4 rings (SSSR count). The van der Waals surface area contributed by atoms with Gasteiger partial charge in [-0.25, -0.2) is 4.79 Å². The van der Waals surface area contributed by atoms with Gasteiger partial charge in [0, 0.05) is 36.6 Å². The fourth-order valence-corrected chi connectivity index (χ4v) is 4.32. The summed E-state index contributed by atoms with van der Waals surface area (Å²) in [6.07, 6.45) is 4.18. The maximum absolute atomic E-state index is 12.8. The Bertz CT molecular complexity index is 1320. The highest BCUT2D eigenvalue weighted by Gasteiger charge is 2.27. The van der Waals surface area contributed by atoms with Gasteiger partial charge in [0.2, 0.25) is 0 Å². The van der Waals surface area contributed by atoms with Crippen LogP contribution in [0.5, 0.6) is 11.5 Å². The Morgan fingerprint density at radius 1 is 1.06 bits per heavy atom. The topological polar surface area (TPSA) is 92.8 Å². The Balaban J connectivity index is 1.75. The van der Waals surface area contributed by atoms with Crippen molar-refractivity contribution in [1.82, 2.24) is 15.2 Å². The number of aromatic nitrogens is 1. The third-order valence-corrected chi connectivity index (χ3v) is 6.32. The van der Waals surface area contributed by atoms with Crippen LogP contribution in [0.1, 0.15) is 39.7 Å². The monoisotopic (exact) mass is 486 g/mol. The molecule has 0 saturated carbocycles. The number of ether oxygens (including phenoxy) is 2. The van der Waals surface area contributed by atoms with Gasteiger partial charge in [0.25, 0.3) is 5.91 Å². The SMILES string of the molecule is CNC(=O)N1C=C(c2ccc(C(=O)Nc3cccnc3C)cc2)c2cc(OC)c(OC)cc2CC1C. The molecule has 36 heavy (non-hydrogen) atoms. The largest absolute Gasteiger partial charge is 0.493 e. The standard InChI is InChI=1S/C28H30N4O4/c1-17-13-21-14-25(35-4)26(36-5)15-22(21)23(16-32(17)28(34)29-3)19-8-10-20(11-9-19)27(33)31-24-7-6-12-30-18(24)2/h6-12,14-17H,13H2,1-5H3,(H,29,34)(H,31,33). The smallest absolute Gasteiger partial charge is 0.321 e. The molecule has 0 aliphatic carbocycles. The number of aryl methyl sites for hydroxylation is 1. The summed E-state index contributed by atoms with van der Waals surface area (Å²) >= 11 is 0. The number of carbonyl (C=O) groups excluding carboxylic acids is 2. The minimum atomic E-state index is -0.222. The van der Waals surface area contributed by atoms with Crippen molar-refractivity contribution in [2.75, 3.05) is 26.6 Å². The quantitative estimate of drug-likeness (QED) is 0.548. The molecule has 1 aromatic heterocycles. The highest BCUT2D eigenvalue weighted by Crippen LogP contribution is 2.39. The number of hydrogen-bond acceptors (Lipinski definition) is 5. The van der Waals surface area contributed by atoms with E-state index in [4.69, 9.17) is 9.47 Å². The summed E-state index contributed by atoms with van der Waals surface area (Å²) in [4.78, 5) is 31.5. The van der Waals surface area contributed by atoms with Gasteiger partial charge in [0.05, 0.1) is 25.6 Å². The van der Waals surface area contributed by atoms with Crippen LogP contribution in [0.4, 0.5) is 10.5 Å². The van der Waals surface area contributed by atoms with Gasteiger partial charge >= 0.3 is 6.03 Å². The summed E-state index contributed by atoms with van der Waals surface area (Å²) in [6, 6.07) is 14.5. The molecule has 3 amide bonds. The van der Waals surface area contributed by atoms with Crippen LogP contribution >= 0.6 is 0 Å². The minimum Gasteiger partial charge on any atom is -0.493 e. The Morgan fingerprint density at radius 3 is 2.39 bits per heavy atom. The van der Waals surface area contributed by atoms with Gasteiger partial charge in [0.15, 0.2) is 11.5 Å². The summed E-state index contributed by atoms with van der Waals surface area (Å²) in [5.74, 6) is 1.01. The number of urea groups is 1.